The Morgan fingerprint density at radius 2 is 1.92 bits per heavy atom. The van der Waals surface area contributed by atoms with Gasteiger partial charge in [0.1, 0.15) is 0 Å². The quantitative estimate of drug-likeness (QED) is 0.508. The first-order valence-electron chi connectivity index (χ1n) is 3.57. The number of ether oxygens (including phenoxy) is 1. The van der Waals surface area contributed by atoms with Gasteiger partial charge in [-0.3, -0.25) is 4.79 Å². The van der Waals surface area contributed by atoms with Gasteiger partial charge in [-0.1, -0.05) is 12.1 Å². The smallest absolute Gasteiger partial charge is 0.292 e. The van der Waals surface area contributed by atoms with Crippen LogP contribution in [0.5, 0.6) is 11.5 Å². The molecule has 0 atom stereocenters. The fourth-order valence-electron chi connectivity index (χ4n) is 0.643. The number of benzene rings is 1. The number of phenols is 2. The summed E-state index contributed by atoms with van der Waals surface area (Å²) in [6.07, 6.45) is 0. The fraction of sp³-hybridized carbons (Fsp3) is 0.222. The van der Waals surface area contributed by atoms with Crippen LogP contribution in [0.3, 0.4) is 0 Å². The van der Waals surface area contributed by atoms with Crippen molar-refractivity contribution in [1.82, 2.24) is 0 Å². The molecule has 0 aliphatic rings. The lowest BCUT2D eigenvalue weighted by molar-refractivity contribution is -0.126. The van der Waals surface area contributed by atoms with E-state index in [1.54, 1.807) is 19.1 Å². The first kappa shape index (κ1) is 11.3. The number of aromatic hydroxyl groups is 2. The van der Waals surface area contributed by atoms with Crippen molar-refractivity contribution in [3.8, 4) is 11.5 Å². The Morgan fingerprint density at radius 1 is 1.38 bits per heavy atom. The van der Waals surface area contributed by atoms with Gasteiger partial charge in [-0.15, -0.1) is 0 Å². The summed E-state index contributed by atoms with van der Waals surface area (Å²) in [7, 11) is 1.31. The molecular formula is C9H12O4. The zero-order valence-electron chi connectivity index (χ0n) is 7.52. The van der Waals surface area contributed by atoms with E-state index in [4.69, 9.17) is 15.0 Å². The van der Waals surface area contributed by atoms with Crippen LogP contribution in [0.1, 0.15) is 5.56 Å². The van der Waals surface area contributed by atoms with Crippen LogP contribution in [0.15, 0.2) is 18.2 Å². The Kier molecular flexibility index (Phi) is 5.11. The highest BCUT2D eigenvalue weighted by Crippen LogP contribution is 2.26. The van der Waals surface area contributed by atoms with Crippen molar-refractivity contribution in [3.63, 3.8) is 0 Å². The number of hydrogen-bond donors (Lipinski definition) is 2. The average molecular weight is 184 g/mol. The third-order valence-corrected chi connectivity index (χ3v) is 1.31. The monoisotopic (exact) mass is 184 g/mol. The van der Waals surface area contributed by atoms with Crippen molar-refractivity contribution >= 4 is 6.47 Å². The topological polar surface area (TPSA) is 66.8 Å². The minimum absolute atomic E-state index is 0.0301. The summed E-state index contributed by atoms with van der Waals surface area (Å²) in [6.45, 7) is 2.11. The van der Waals surface area contributed by atoms with E-state index < -0.39 is 0 Å². The second-order valence-corrected chi connectivity index (χ2v) is 2.27. The van der Waals surface area contributed by atoms with Crippen molar-refractivity contribution in [3.05, 3.63) is 23.8 Å². The number of aryl methyl sites for hydroxylation is 1. The molecule has 4 heteroatoms. The molecule has 0 saturated heterocycles. The summed E-state index contributed by atoms with van der Waals surface area (Å²) < 4.78 is 3.86. The fourth-order valence-corrected chi connectivity index (χ4v) is 0.643. The predicted octanol–water partition coefficient (Wildman–Crippen LogP) is 1.20. The number of carbonyl (C=O) groups is 1. The molecular weight excluding hydrogens is 172 g/mol. The van der Waals surface area contributed by atoms with Gasteiger partial charge in [0.15, 0.2) is 11.5 Å². The lowest BCUT2D eigenvalue weighted by Gasteiger charge is -1.97. The number of phenolic OH excluding ortho intramolecular Hbond substituents is 2. The zero-order chi connectivity index (χ0) is 10.3. The van der Waals surface area contributed by atoms with Crippen molar-refractivity contribution in [2.75, 3.05) is 7.11 Å². The second-order valence-electron chi connectivity index (χ2n) is 2.27. The van der Waals surface area contributed by atoms with Crippen LogP contribution in [0.2, 0.25) is 0 Å². The molecule has 0 spiro atoms. The maximum Gasteiger partial charge on any atom is 0.292 e. The van der Waals surface area contributed by atoms with Crippen molar-refractivity contribution in [2.24, 2.45) is 0 Å². The van der Waals surface area contributed by atoms with Gasteiger partial charge < -0.3 is 14.9 Å². The van der Waals surface area contributed by atoms with Gasteiger partial charge in [-0.2, -0.15) is 0 Å². The molecule has 0 bridgehead atoms. The molecule has 2 N–H and O–H groups in total. The predicted molar refractivity (Wildman–Crippen MR) is 47.6 cm³/mol. The van der Waals surface area contributed by atoms with Gasteiger partial charge in [-0.25, -0.2) is 0 Å². The highest BCUT2D eigenvalue weighted by molar-refractivity contribution is 5.43. The summed E-state index contributed by atoms with van der Waals surface area (Å²) in [5.41, 5.74) is 0.690. The summed E-state index contributed by atoms with van der Waals surface area (Å²) in [5.74, 6) is -0.0903. The van der Waals surface area contributed by atoms with E-state index in [0.717, 1.165) is 0 Å². The molecule has 0 heterocycles. The van der Waals surface area contributed by atoms with Crippen molar-refractivity contribution in [2.45, 2.75) is 6.92 Å². The van der Waals surface area contributed by atoms with E-state index in [9.17, 15) is 0 Å². The van der Waals surface area contributed by atoms with Crippen LogP contribution >= 0.6 is 0 Å². The van der Waals surface area contributed by atoms with Crippen LogP contribution < -0.4 is 0 Å². The van der Waals surface area contributed by atoms with Crippen LogP contribution in [-0.2, 0) is 9.53 Å². The SMILES string of the molecule is COC=O.Cc1cccc(O)c1O. The van der Waals surface area contributed by atoms with Gasteiger partial charge in [-0.05, 0) is 18.6 Å². The summed E-state index contributed by atoms with van der Waals surface area (Å²) in [4.78, 5) is 8.95. The second kappa shape index (κ2) is 5.88. The molecule has 1 aromatic carbocycles. The highest BCUT2D eigenvalue weighted by Gasteiger charge is 1.98. The van der Waals surface area contributed by atoms with Gasteiger partial charge in [0.2, 0.25) is 0 Å². The average Bonchev–Trinajstić information content (AvgIpc) is 2.14. The molecule has 0 saturated carbocycles. The van der Waals surface area contributed by atoms with Gasteiger partial charge in [0.05, 0.1) is 7.11 Å². The highest BCUT2D eigenvalue weighted by atomic mass is 16.5. The molecule has 4 nitrogen and oxygen atoms in total. The molecule has 0 amide bonds. The molecule has 0 fully saturated rings. The molecule has 0 aliphatic carbocycles. The normalized spacial score (nSPS) is 8.15. The van der Waals surface area contributed by atoms with E-state index in [1.807, 2.05) is 0 Å². The van der Waals surface area contributed by atoms with Crippen LogP contribution in [0.4, 0.5) is 0 Å². The Hall–Kier alpha value is -1.71. The third-order valence-electron chi connectivity index (χ3n) is 1.31. The van der Waals surface area contributed by atoms with Crippen LogP contribution in [0, 0.1) is 6.92 Å². The number of para-hydroxylation sites is 1. The van der Waals surface area contributed by atoms with E-state index in [-0.39, 0.29) is 11.5 Å². The Balaban J connectivity index is 0.000000310. The number of carbonyl (C=O) groups excluding carboxylic acids is 1. The molecule has 1 rings (SSSR count). The Morgan fingerprint density at radius 3 is 2.23 bits per heavy atom. The lowest BCUT2D eigenvalue weighted by atomic mass is 10.2. The summed E-state index contributed by atoms with van der Waals surface area (Å²) in [6, 6.07) is 4.86. The number of methoxy groups -OCH3 is 1. The largest absolute Gasteiger partial charge is 0.504 e. The maximum absolute atomic E-state index is 8.96. The van der Waals surface area contributed by atoms with E-state index in [2.05, 4.69) is 4.74 Å². The van der Waals surface area contributed by atoms with Crippen molar-refractivity contribution in [1.29, 1.82) is 0 Å². The zero-order valence-corrected chi connectivity index (χ0v) is 7.52. The van der Waals surface area contributed by atoms with Crippen molar-refractivity contribution < 1.29 is 19.7 Å². The van der Waals surface area contributed by atoms with Gasteiger partial charge in [0.25, 0.3) is 6.47 Å². The third kappa shape index (κ3) is 4.00. The standard InChI is InChI=1S/C7H8O2.C2H4O2/c1-5-3-2-4-6(8)7(5)9;1-4-2-3/h2-4,8-9H,1H3;2H,1H3. The molecule has 13 heavy (non-hydrogen) atoms. The minimum atomic E-state index is -0.0602. The molecule has 72 valence electrons. The Labute approximate surface area is 76.4 Å². The van der Waals surface area contributed by atoms with Crippen LogP contribution in [0.25, 0.3) is 0 Å². The van der Waals surface area contributed by atoms with E-state index in [1.165, 1.54) is 13.2 Å². The van der Waals surface area contributed by atoms with Gasteiger partial charge in [0, 0.05) is 0 Å². The first-order valence-corrected chi connectivity index (χ1v) is 3.57. The first-order chi connectivity index (χ1) is 6.13. The molecule has 0 radical (unpaired) electrons. The minimum Gasteiger partial charge on any atom is -0.504 e. The van der Waals surface area contributed by atoms with Crippen LogP contribution in [-0.4, -0.2) is 23.8 Å². The number of hydrogen-bond acceptors (Lipinski definition) is 4. The van der Waals surface area contributed by atoms with E-state index >= 15 is 0 Å². The maximum atomic E-state index is 8.96. The van der Waals surface area contributed by atoms with Gasteiger partial charge >= 0.3 is 0 Å². The molecule has 1 aromatic rings. The molecule has 0 unspecified atom stereocenters. The lowest BCUT2D eigenvalue weighted by Crippen LogP contribution is -1.72. The summed E-state index contributed by atoms with van der Waals surface area (Å²) >= 11 is 0. The molecule has 0 aliphatic heterocycles. The Bertz CT molecular complexity index is 250. The molecule has 0 aromatic heterocycles. The number of rotatable bonds is 1. The summed E-state index contributed by atoms with van der Waals surface area (Å²) in [5, 5.41) is 17.8. The van der Waals surface area contributed by atoms with E-state index in [0.29, 0.717) is 12.0 Å².